The molecule has 0 fully saturated rings. The average Bonchev–Trinajstić information content (AvgIpc) is 2.70. The summed E-state index contributed by atoms with van der Waals surface area (Å²) in [5, 5.41) is 21.0. The summed E-state index contributed by atoms with van der Waals surface area (Å²) in [5.74, 6) is 0. The number of nitro benzene ring substituents is 2. The second-order valence-electron chi connectivity index (χ2n) is 4.67. The second kappa shape index (κ2) is 11.5. The maximum absolute atomic E-state index is 10.5. The molecule has 0 bridgehead atoms. The zero-order valence-electron chi connectivity index (χ0n) is 14.4. The van der Waals surface area contributed by atoms with Crippen LogP contribution in [0.15, 0.2) is 56.4 Å². The predicted molar refractivity (Wildman–Crippen MR) is 97.3 cm³/mol. The van der Waals surface area contributed by atoms with Gasteiger partial charge < -0.3 is 0 Å². The summed E-state index contributed by atoms with van der Waals surface area (Å²) >= 11 is 0. The first kappa shape index (κ1) is 22.8. The number of benzene rings is 2. The molecule has 0 unspecified atom stereocenters. The van der Waals surface area contributed by atoms with E-state index in [-0.39, 0.29) is 28.4 Å². The molecular weight excluding hydrogens is 404 g/mol. The third-order valence-corrected chi connectivity index (χ3v) is 2.99. The van der Waals surface area contributed by atoms with Crippen LogP contribution in [0.25, 0.3) is 0 Å². The van der Waals surface area contributed by atoms with Crippen LogP contribution >= 0.6 is 0 Å². The summed E-state index contributed by atoms with van der Waals surface area (Å²) in [6.45, 7) is 0. The molecule has 14 heteroatoms. The number of isocyanates is 4. The van der Waals surface area contributed by atoms with Crippen LogP contribution in [0.2, 0.25) is 0 Å². The highest BCUT2D eigenvalue weighted by molar-refractivity contribution is 5.68. The van der Waals surface area contributed by atoms with Crippen molar-refractivity contribution in [2.75, 3.05) is 0 Å². The van der Waals surface area contributed by atoms with Gasteiger partial charge in [-0.2, -0.15) is 20.0 Å². The Hall–Kier alpha value is -5.24. The first-order chi connectivity index (χ1) is 14.4. The van der Waals surface area contributed by atoms with E-state index in [4.69, 9.17) is 0 Å². The van der Waals surface area contributed by atoms with Crippen molar-refractivity contribution in [1.29, 1.82) is 0 Å². The molecule has 0 saturated heterocycles. The topological polar surface area (TPSA) is 204 Å². The molecule has 14 nitrogen and oxygen atoms in total. The minimum absolute atomic E-state index is 0.0709. The van der Waals surface area contributed by atoms with E-state index in [1.807, 2.05) is 0 Å². The number of rotatable bonds is 6. The van der Waals surface area contributed by atoms with Crippen LogP contribution in [0.5, 0.6) is 0 Å². The van der Waals surface area contributed by atoms with Crippen molar-refractivity contribution >= 4 is 58.4 Å². The van der Waals surface area contributed by atoms with Gasteiger partial charge >= 0.3 is 0 Å². The van der Waals surface area contributed by atoms with Gasteiger partial charge in [-0.25, -0.2) is 19.2 Å². The summed E-state index contributed by atoms with van der Waals surface area (Å²) in [4.78, 5) is 72.1. The number of aliphatic imine (C=N–C) groups is 4. The van der Waals surface area contributed by atoms with Gasteiger partial charge in [0.2, 0.25) is 24.3 Å². The second-order valence-corrected chi connectivity index (χ2v) is 4.67. The standard InChI is InChI=1S/2C8H3N3O4/c12-4-9-6-1-2-8(11(14)15)7(3-6)10-5-13;12-4-9-6-1-2-7(10-5-13)8(3-6)11(14)15/h2*1-3H. The molecule has 0 radical (unpaired) electrons. The van der Waals surface area contributed by atoms with Crippen molar-refractivity contribution in [3.05, 3.63) is 56.6 Å². The van der Waals surface area contributed by atoms with Gasteiger partial charge in [0, 0.05) is 12.1 Å². The van der Waals surface area contributed by atoms with Crippen LogP contribution in [0.1, 0.15) is 0 Å². The molecule has 0 saturated carbocycles. The SMILES string of the molecule is O=C=Nc1ccc(N=C=O)c([N+](=O)[O-])c1.O=C=Nc1ccc([N+](=O)[O-])c(N=C=O)c1. The Bertz CT molecular complexity index is 1120. The van der Waals surface area contributed by atoms with Crippen molar-refractivity contribution in [1.82, 2.24) is 0 Å². The van der Waals surface area contributed by atoms with Crippen LogP contribution in [-0.4, -0.2) is 34.2 Å². The van der Waals surface area contributed by atoms with Gasteiger partial charge in [0.25, 0.3) is 11.4 Å². The van der Waals surface area contributed by atoms with E-state index < -0.39 is 15.5 Å². The summed E-state index contributed by atoms with van der Waals surface area (Å²) < 4.78 is 0. The lowest BCUT2D eigenvalue weighted by atomic mass is 10.2. The zero-order chi connectivity index (χ0) is 22.5. The lowest BCUT2D eigenvalue weighted by molar-refractivity contribution is -0.384. The van der Waals surface area contributed by atoms with Crippen LogP contribution in [-0.2, 0) is 19.2 Å². The minimum atomic E-state index is -0.736. The van der Waals surface area contributed by atoms with Gasteiger partial charge in [0.15, 0.2) is 11.4 Å². The third kappa shape index (κ3) is 6.49. The van der Waals surface area contributed by atoms with Crippen molar-refractivity contribution < 1.29 is 29.0 Å². The highest BCUT2D eigenvalue weighted by Gasteiger charge is 2.14. The molecule has 0 aromatic heterocycles. The van der Waals surface area contributed by atoms with E-state index in [1.54, 1.807) is 0 Å². The van der Waals surface area contributed by atoms with Gasteiger partial charge in [-0.05, 0) is 24.3 Å². The Morgan fingerprint density at radius 1 is 0.600 bits per heavy atom. The largest absolute Gasteiger partial charge is 0.297 e. The third-order valence-electron chi connectivity index (χ3n) is 2.99. The number of hydrogen-bond acceptors (Lipinski definition) is 12. The summed E-state index contributed by atoms with van der Waals surface area (Å²) in [6, 6.07) is 6.96. The summed E-state index contributed by atoms with van der Waals surface area (Å²) in [5.41, 5.74) is -0.921. The molecule has 2 aromatic carbocycles. The number of nitro groups is 2. The molecule has 0 spiro atoms. The molecule has 0 heterocycles. The highest BCUT2D eigenvalue weighted by Crippen LogP contribution is 2.31. The van der Waals surface area contributed by atoms with Gasteiger partial charge in [-0.3, -0.25) is 20.2 Å². The van der Waals surface area contributed by atoms with Crippen molar-refractivity contribution in [2.45, 2.75) is 0 Å². The van der Waals surface area contributed by atoms with E-state index in [2.05, 4.69) is 20.0 Å². The summed E-state index contributed by atoms with van der Waals surface area (Å²) in [6.07, 6.45) is 4.89. The van der Waals surface area contributed by atoms with Crippen LogP contribution in [0.3, 0.4) is 0 Å². The van der Waals surface area contributed by atoms with E-state index in [0.29, 0.717) is 0 Å². The molecule has 0 amide bonds. The Morgan fingerprint density at radius 3 is 1.57 bits per heavy atom. The monoisotopic (exact) mass is 410 g/mol. The average molecular weight is 410 g/mol. The maximum Gasteiger partial charge on any atom is 0.297 e. The quantitative estimate of drug-likeness (QED) is 0.298. The normalized spacial score (nSPS) is 8.53. The molecule has 148 valence electrons. The van der Waals surface area contributed by atoms with Crippen molar-refractivity contribution in [3.8, 4) is 0 Å². The molecule has 0 aliphatic heterocycles. The first-order valence-electron chi connectivity index (χ1n) is 7.26. The number of nitrogens with zero attached hydrogens (tertiary/aromatic N) is 6. The maximum atomic E-state index is 10.5. The Labute approximate surface area is 164 Å². The van der Waals surface area contributed by atoms with Crippen molar-refractivity contribution in [3.63, 3.8) is 0 Å². The molecule has 0 atom stereocenters. The minimum Gasteiger partial charge on any atom is -0.258 e. The Morgan fingerprint density at radius 2 is 1.07 bits per heavy atom. The molecule has 2 rings (SSSR count). The number of carbonyl (C=O) groups excluding carboxylic acids is 4. The van der Waals surface area contributed by atoms with Crippen LogP contribution < -0.4 is 0 Å². The Balaban J connectivity index is 0.000000300. The van der Waals surface area contributed by atoms with Gasteiger partial charge in [-0.1, -0.05) is 0 Å². The van der Waals surface area contributed by atoms with Gasteiger partial charge in [0.05, 0.1) is 21.2 Å². The molecule has 30 heavy (non-hydrogen) atoms. The van der Waals surface area contributed by atoms with E-state index in [0.717, 1.165) is 18.2 Å². The molecule has 0 aliphatic rings. The van der Waals surface area contributed by atoms with E-state index in [1.165, 1.54) is 42.5 Å². The lowest BCUT2D eigenvalue weighted by Gasteiger charge is -1.95. The number of hydrogen-bond donors (Lipinski definition) is 0. The highest BCUT2D eigenvalue weighted by atomic mass is 16.6. The molecular formula is C16H6N6O8. The van der Waals surface area contributed by atoms with Crippen LogP contribution in [0, 0.1) is 20.2 Å². The fraction of sp³-hybridized carbons (Fsp3) is 0. The Kier molecular flexibility index (Phi) is 8.72. The first-order valence-corrected chi connectivity index (χ1v) is 7.26. The predicted octanol–water partition coefficient (Wildman–Crippen LogP) is 3.06. The van der Waals surface area contributed by atoms with Crippen LogP contribution in [0.4, 0.5) is 34.1 Å². The zero-order valence-corrected chi connectivity index (χ0v) is 14.4. The lowest BCUT2D eigenvalue weighted by Crippen LogP contribution is -1.87. The van der Waals surface area contributed by atoms with E-state index >= 15 is 0 Å². The summed E-state index contributed by atoms with van der Waals surface area (Å²) in [7, 11) is 0. The molecule has 0 N–H and O–H groups in total. The fourth-order valence-corrected chi connectivity index (χ4v) is 1.85. The molecule has 2 aromatic rings. The van der Waals surface area contributed by atoms with Crippen molar-refractivity contribution in [2.24, 2.45) is 20.0 Å². The molecule has 0 aliphatic carbocycles. The van der Waals surface area contributed by atoms with Gasteiger partial charge in [0.1, 0.15) is 0 Å². The van der Waals surface area contributed by atoms with E-state index in [9.17, 15) is 39.4 Å². The smallest absolute Gasteiger partial charge is 0.258 e. The van der Waals surface area contributed by atoms with Gasteiger partial charge in [-0.15, -0.1) is 0 Å². The fourth-order valence-electron chi connectivity index (χ4n) is 1.85.